The first-order valence-corrected chi connectivity index (χ1v) is 13.8. The van der Waals surface area contributed by atoms with Gasteiger partial charge in [-0.2, -0.15) is 0 Å². The number of primary amides is 1. The molecule has 0 fully saturated rings. The Morgan fingerprint density at radius 1 is 0.927 bits per heavy atom. The van der Waals surface area contributed by atoms with E-state index in [-0.39, 0.29) is 12.3 Å². The standard InChI is InChI=1S/C32H37N5O4/c1-4-23-21(18-36-32(39)30(34)20-11-8-7-9-12-20)13-10-14-25(23)37-31-22(15-29(33)38)19-35-26-17-28(41-6-3)27(40-5-2)16-24(26)31/h7-14,16-17,19,30H,4-6,15,18,34H2,1-3H3,(H2,33,38)(H,35,37)(H,36,39)/t30-/m1/s1. The zero-order valence-electron chi connectivity index (χ0n) is 23.7. The highest BCUT2D eigenvalue weighted by atomic mass is 16.5. The largest absolute Gasteiger partial charge is 0.490 e. The Kier molecular flexibility index (Phi) is 9.76. The van der Waals surface area contributed by atoms with Gasteiger partial charge in [0.05, 0.1) is 30.8 Å². The Labute approximate surface area is 240 Å². The zero-order chi connectivity index (χ0) is 29.4. The van der Waals surface area contributed by atoms with Crippen LogP contribution in [0.2, 0.25) is 0 Å². The number of nitrogens with two attached hydrogens (primary N) is 2. The second-order valence-electron chi connectivity index (χ2n) is 9.51. The van der Waals surface area contributed by atoms with Gasteiger partial charge in [-0.1, -0.05) is 49.4 Å². The van der Waals surface area contributed by atoms with Crippen LogP contribution < -0.4 is 31.6 Å². The lowest BCUT2D eigenvalue weighted by Gasteiger charge is -2.20. The molecule has 2 amide bonds. The van der Waals surface area contributed by atoms with Crippen molar-refractivity contribution < 1.29 is 19.1 Å². The summed E-state index contributed by atoms with van der Waals surface area (Å²) >= 11 is 0. The van der Waals surface area contributed by atoms with Gasteiger partial charge in [-0.3, -0.25) is 14.6 Å². The van der Waals surface area contributed by atoms with Crippen molar-refractivity contribution in [1.82, 2.24) is 10.3 Å². The van der Waals surface area contributed by atoms with E-state index in [1.165, 1.54) is 0 Å². The molecule has 0 radical (unpaired) electrons. The number of fused-ring (bicyclic) bond motifs is 1. The normalized spacial score (nSPS) is 11.6. The van der Waals surface area contributed by atoms with E-state index in [0.717, 1.165) is 27.8 Å². The van der Waals surface area contributed by atoms with E-state index in [1.807, 2.05) is 74.5 Å². The highest BCUT2D eigenvalue weighted by Gasteiger charge is 2.19. The van der Waals surface area contributed by atoms with Crippen LogP contribution in [-0.4, -0.2) is 30.0 Å². The topological polar surface area (TPSA) is 142 Å². The summed E-state index contributed by atoms with van der Waals surface area (Å²) in [5.74, 6) is 0.467. The lowest BCUT2D eigenvalue weighted by atomic mass is 10.0. The maximum absolute atomic E-state index is 12.8. The van der Waals surface area contributed by atoms with Crippen LogP contribution in [-0.2, 0) is 29.0 Å². The number of ether oxygens (including phenoxy) is 2. The summed E-state index contributed by atoms with van der Waals surface area (Å²) < 4.78 is 11.7. The maximum Gasteiger partial charge on any atom is 0.241 e. The van der Waals surface area contributed by atoms with Gasteiger partial charge in [0, 0.05) is 35.4 Å². The number of benzene rings is 3. The van der Waals surface area contributed by atoms with E-state index in [4.69, 9.17) is 20.9 Å². The fourth-order valence-electron chi connectivity index (χ4n) is 4.82. The first kappa shape index (κ1) is 29.4. The maximum atomic E-state index is 12.8. The van der Waals surface area contributed by atoms with Crippen LogP contribution in [0.25, 0.3) is 10.9 Å². The summed E-state index contributed by atoms with van der Waals surface area (Å²) in [5, 5.41) is 7.30. The van der Waals surface area contributed by atoms with Gasteiger partial charge in [-0.15, -0.1) is 0 Å². The lowest BCUT2D eigenvalue weighted by Crippen LogP contribution is -2.33. The first-order chi connectivity index (χ1) is 19.9. The molecule has 4 rings (SSSR count). The Hall–Kier alpha value is -4.63. The lowest BCUT2D eigenvalue weighted by molar-refractivity contribution is -0.122. The van der Waals surface area contributed by atoms with Crippen molar-refractivity contribution in [3.63, 3.8) is 0 Å². The van der Waals surface area contributed by atoms with E-state index in [1.54, 1.807) is 6.20 Å². The molecule has 4 aromatic rings. The van der Waals surface area contributed by atoms with Crippen LogP contribution in [0.4, 0.5) is 11.4 Å². The molecule has 0 aliphatic carbocycles. The van der Waals surface area contributed by atoms with Gasteiger partial charge >= 0.3 is 0 Å². The number of anilines is 2. The number of nitrogens with zero attached hydrogens (tertiary/aromatic N) is 1. The molecule has 6 N–H and O–H groups in total. The second-order valence-corrected chi connectivity index (χ2v) is 9.51. The zero-order valence-corrected chi connectivity index (χ0v) is 23.7. The molecule has 3 aromatic carbocycles. The molecule has 214 valence electrons. The van der Waals surface area contributed by atoms with Crippen molar-refractivity contribution in [2.75, 3.05) is 18.5 Å². The van der Waals surface area contributed by atoms with Gasteiger partial charge in [0.25, 0.3) is 0 Å². The van der Waals surface area contributed by atoms with E-state index >= 15 is 0 Å². The number of rotatable bonds is 13. The Balaban J connectivity index is 1.70. The molecule has 0 aliphatic rings. The van der Waals surface area contributed by atoms with Gasteiger partial charge in [0.15, 0.2) is 11.5 Å². The molecule has 9 heteroatoms. The van der Waals surface area contributed by atoms with E-state index < -0.39 is 11.9 Å². The van der Waals surface area contributed by atoms with Gasteiger partial charge in [-0.25, -0.2) is 0 Å². The number of hydrogen-bond donors (Lipinski definition) is 4. The van der Waals surface area contributed by atoms with Crippen LogP contribution in [0.15, 0.2) is 66.9 Å². The molecule has 0 saturated heterocycles. The van der Waals surface area contributed by atoms with E-state index in [9.17, 15) is 9.59 Å². The Bertz CT molecular complexity index is 1520. The van der Waals surface area contributed by atoms with Gasteiger partial charge in [0.1, 0.15) is 6.04 Å². The summed E-state index contributed by atoms with van der Waals surface area (Å²) in [7, 11) is 0. The highest BCUT2D eigenvalue weighted by Crippen LogP contribution is 2.38. The minimum Gasteiger partial charge on any atom is -0.490 e. The molecule has 0 spiro atoms. The number of amides is 2. The van der Waals surface area contributed by atoms with Gasteiger partial charge in [-0.05, 0) is 49.1 Å². The molecular weight excluding hydrogens is 518 g/mol. The SMILES string of the molecule is CCOc1cc2ncc(CC(N)=O)c(Nc3cccc(CNC(=O)[C@H](N)c4ccccc4)c3CC)c2cc1OCC. The van der Waals surface area contributed by atoms with Crippen molar-refractivity contribution in [1.29, 1.82) is 0 Å². The number of pyridine rings is 1. The van der Waals surface area contributed by atoms with Crippen LogP contribution in [0.5, 0.6) is 11.5 Å². The van der Waals surface area contributed by atoms with Crippen LogP contribution in [0.3, 0.4) is 0 Å². The number of nitrogens with one attached hydrogen (secondary N) is 2. The van der Waals surface area contributed by atoms with Crippen molar-refractivity contribution in [3.8, 4) is 11.5 Å². The van der Waals surface area contributed by atoms with Crippen molar-refractivity contribution in [3.05, 3.63) is 89.1 Å². The van der Waals surface area contributed by atoms with Crippen LogP contribution in [0, 0.1) is 0 Å². The first-order valence-electron chi connectivity index (χ1n) is 13.8. The van der Waals surface area contributed by atoms with Crippen molar-refractivity contribution in [2.24, 2.45) is 11.5 Å². The number of hydrogen-bond acceptors (Lipinski definition) is 7. The molecule has 0 aliphatic heterocycles. The third-order valence-electron chi connectivity index (χ3n) is 6.76. The summed E-state index contributed by atoms with van der Waals surface area (Å²) in [5.41, 5.74) is 17.4. The molecule has 0 saturated carbocycles. The average molecular weight is 556 g/mol. The molecular formula is C32H37N5O4. The summed E-state index contributed by atoms with van der Waals surface area (Å²) in [4.78, 5) is 29.4. The second kappa shape index (κ2) is 13.6. The summed E-state index contributed by atoms with van der Waals surface area (Å²) in [6.45, 7) is 7.13. The Morgan fingerprint density at radius 2 is 1.63 bits per heavy atom. The third-order valence-corrected chi connectivity index (χ3v) is 6.76. The fraction of sp³-hybridized carbons (Fsp3) is 0.281. The molecule has 1 atom stereocenters. The third kappa shape index (κ3) is 6.93. The predicted molar refractivity (Wildman–Crippen MR) is 161 cm³/mol. The van der Waals surface area contributed by atoms with Crippen LogP contribution >= 0.6 is 0 Å². The van der Waals surface area contributed by atoms with Crippen molar-refractivity contribution in [2.45, 2.75) is 46.2 Å². The minimum atomic E-state index is -0.761. The molecule has 1 aromatic heterocycles. The van der Waals surface area contributed by atoms with Gasteiger partial charge in [0.2, 0.25) is 11.8 Å². The van der Waals surface area contributed by atoms with E-state index in [0.29, 0.717) is 54.4 Å². The van der Waals surface area contributed by atoms with Gasteiger partial charge < -0.3 is 31.6 Å². The minimum absolute atomic E-state index is 0.0109. The number of carbonyl (C=O) groups is 2. The smallest absolute Gasteiger partial charge is 0.241 e. The summed E-state index contributed by atoms with van der Waals surface area (Å²) in [6, 6.07) is 18.1. The van der Waals surface area contributed by atoms with E-state index in [2.05, 4.69) is 22.5 Å². The summed E-state index contributed by atoms with van der Waals surface area (Å²) in [6.07, 6.45) is 2.37. The molecule has 0 unspecified atom stereocenters. The average Bonchev–Trinajstić information content (AvgIpc) is 2.97. The molecule has 41 heavy (non-hydrogen) atoms. The van der Waals surface area contributed by atoms with Crippen molar-refractivity contribution >= 4 is 34.1 Å². The Morgan fingerprint density at radius 3 is 2.29 bits per heavy atom. The fourth-order valence-corrected chi connectivity index (χ4v) is 4.82. The molecule has 9 nitrogen and oxygen atoms in total. The number of aromatic nitrogens is 1. The monoisotopic (exact) mass is 555 g/mol. The predicted octanol–water partition coefficient (Wildman–Crippen LogP) is 4.68. The van der Waals surface area contributed by atoms with Crippen LogP contribution in [0.1, 0.15) is 49.1 Å². The molecule has 1 heterocycles. The molecule has 0 bridgehead atoms. The number of carbonyl (C=O) groups excluding carboxylic acids is 2. The highest BCUT2D eigenvalue weighted by molar-refractivity contribution is 5.98. The quantitative estimate of drug-likeness (QED) is 0.188.